The molecule has 2 aromatic carbocycles. The molecule has 3 rings (SSSR count). The molecule has 1 heterocycles. The van der Waals surface area contributed by atoms with E-state index >= 15 is 0 Å². The van der Waals surface area contributed by atoms with E-state index in [2.05, 4.69) is 10.6 Å². The number of nitrogens with zero attached hydrogens (tertiary/aromatic N) is 1. The van der Waals surface area contributed by atoms with Gasteiger partial charge in [0, 0.05) is 37.3 Å². The molecule has 0 spiro atoms. The van der Waals surface area contributed by atoms with Crippen molar-refractivity contribution < 1.29 is 19.1 Å². The molecule has 0 bridgehead atoms. The average Bonchev–Trinajstić information content (AvgIpc) is 3.02. The molecule has 0 unspecified atom stereocenters. The smallest absolute Gasteiger partial charge is 0.319 e. The third kappa shape index (κ3) is 4.93. The van der Waals surface area contributed by atoms with Gasteiger partial charge in [0.25, 0.3) is 0 Å². The summed E-state index contributed by atoms with van der Waals surface area (Å²) in [5.74, 6) is -0.658. The Balaban J connectivity index is 1.73. The first-order valence-corrected chi connectivity index (χ1v) is 9.59. The molecule has 3 aromatic rings. The van der Waals surface area contributed by atoms with Crippen LogP contribution < -0.4 is 10.6 Å². The van der Waals surface area contributed by atoms with Crippen LogP contribution in [0.4, 0.5) is 14.9 Å². The summed E-state index contributed by atoms with van der Waals surface area (Å²) in [7, 11) is 1.68. The Hall–Kier alpha value is -3.45. The Kier molecular flexibility index (Phi) is 6.64. The maximum Gasteiger partial charge on any atom is 0.319 e. The quantitative estimate of drug-likeness (QED) is 0.523. The van der Waals surface area contributed by atoms with Crippen molar-refractivity contribution in [2.45, 2.75) is 13.3 Å². The maximum absolute atomic E-state index is 14.6. The number of carbonyl (C=O) groups excluding carboxylic acids is 2. The number of carbonyl (C=O) groups is 2. The van der Waals surface area contributed by atoms with E-state index in [1.807, 2.05) is 19.1 Å². The number of urea groups is 1. The molecule has 0 aliphatic carbocycles. The lowest BCUT2D eigenvalue weighted by molar-refractivity contribution is 0.103. The normalized spacial score (nSPS) is 10.7. The fourth-order valence-corrected chi connectivity index (χ4v) is 3.12. The van der Waals surface area contributed by atoms with Crippen molar-refractivity contribution in [2.24, 2.45) is 7.05 Å². The first-order valence-electron chi connectivity index (χ1n) is 9.59. The molecule has 0 saturated heterocycles. The Bertz CT molecular complexity index is 1040. The molecule has 3 N–H and O–H groups in total. The van der Waals surface area contributed by atoms with Crippen molar-refractivity contribution in [2.75, 3.05) is 18.5 Å². The number of halogens is 1. The van der Waals surface area contributed by atoms with Gasteiger partial charge in [-0.1, -0.05) is 42.0 Å². The average molecular weight is 409 g/mol. The third-order valence-corrected chi connectivity index (χ3v) is 4.83. The summed E-state index contributed by atoms with van der Waals surface area (Å²) in [4.78, 5) is 24.4. The minimum atomic E-state index is -0.432. The van der Waals surface area contributed by atoms with E-state index in [0.29, 0.717) is 29.1 Å². The number of anilines is 1. The van der Waals surface area contributed by atoms with Gasteiger partial charge in [-0.15, -0.1) is 0 Å². The molecule has 6 nitrogen and oxygen atoms in total. The standard InChI is InChI=1S/C23H24FN3O3/c1-15-3-7-17(8-4-15)22(29)21-14-19(24)20(27(21)2)13-16-5-9-18(10-6-16)26-23(30)25-11-12-28/h3-10,14,28H,11-13H2,1-2H3,(H2,25,26,30). The lowest BCUT2D eigenvalue weighted by Crippen LogP contribution is -2.30. The molecule has 0 atom stereocenters. The van der Waals surface area contributed by atoms with Crippen LogP contribution in [0, 0.1) is 12.7 Å². The van der Waals surface area contributed by atoms with E-state index in [9.17, 15) is 14.0 Å². The number of nitrogens with one attached hydrogen (secondary N) is 2. The highest BCUT2D eigenvalue weighted by atomic mass is 19.1. The molecule has 0 fully saturated rings. The molecule has 156 valence electrons. The number of hydrogen-bond donors (Lipinski definition) is 3. The highest BCUT2D eigenvalue weighted by Crippen LogP contribution is 2.21. The van der Waals surface area contributed by atoms with Gasteiger partial charge in [0.15, 0.2) is 0 Å². The fraction of sp³-hybridized carbons (Fsp3) is 0.217. The summed E-state index contributed by atoms with van der Waals surface area (Å²) in [6, 6.07) is 15.1. The number of aliphatic hydroxyl groups excluding tert-OH is 1. The number of ketones is 1. The number of hydrogen-bond acceptors (Lipinski definition) is 3. The molecule has 7 heteroatoms. The zero-order chi connectivity index (χ0) is 21.7. The van der Waals surface area contributed by atoms with Crippen LogP contribution in [0.5, 0.6) is 0 Å². The number of rotatable bonds is 7. The van der Waals surface area contributed by atoms with Crippen molar-refractivity contribution in [1.82, 2.24) is 9.88 Å². The van der Waals surface area contributed by atoms with Crippen LogP contribution in [0.25, 0.3) is 0 Å². The molecule has 0 saturated carbocycles. The summed E-state index contributed by atoms with van der Waals surface area (Å²) in [6.45, 7) is 1.97. The van der Waals surface area contributed by atoms with Gasteiger partial charge in [0.1, 0.15) is 5.82 Å². The third-order valence-electron chi connectivity index (χ3n) is 4.83. The van der Waals surface area contributed by atoms with Crippen molar-refractivity contribution in [3.8, 4) is 0 Å². The van der Waals surface area contributed by atoms with Crippen molar-refractivity contribution >= 4 is 17.5 Å². The monoisotopic (exact) mass is 409 g/mol. The first-order chi connectivity index (χ1) is 14.4. The van der Waals surface area contributed by atoms with Gasteiger partial charge in [0.2, 0.25) is 5.78 Å². The molecule has 1 aromatic heterocycles. The predicted molar refractivity (Wildman–Crippen MR) is 113 cm³/mol. The van der Waals surface area contributed by atoms with Crippen LogP contribution >= 0.6 is 0 Å². The zero-order valence-electron chi connectivity index (χ0n) is 16.9. The maximum atomic E-state index is 14.6. The van der Waals surface area contributed by atoms with Crippen LogP contribution in [0.2, 0.25) is 0 Å². The lowest BCUT2D eigenvalue weighted by Gasteiger charge is -2.09. The topological polar surface area (TPSA) is 83.4 Å². The second-order valence-electron chi connectivity index (χ2n) is 7.06. The molecule has 0 aliphatic heterocycles. The van der Waals surface area contributed by atoms with Crippen molar-refractivity contribution in [3.63, 3.8) is 0 Å². The number of aromatic nitrogens is 1. The first kappa shape index (κ1) is 21.3. The molecular weight excluding hydrogens is 385 g/mol. The largest absolute Gasteiger partial charge is 0.395 e. The number of amides is 2. The van der Waals surface area contributed by atoms with E-state index in [0.717, 1.165) is 11.1 Å². The molecule has 2 amide bonds. The van der Waals surface area contributed by atoms with Gasteiger partial charge >= 0.3 is 6.03 Å². The summed E-state index contributed by atoms with van der Waals surface area (Å²) < 4.78 is 16.2. The number of benzene rings is 2. The molecule has 0 radical (unpaired) electrons. The second kappa shape index (κ2) is 9.37. The molecular formula is C23H24FN3O3. The van der Waals surface area contributed by atoms with Gasteiger partial charge in [0.05, 0.1) is 18.0 Å². The van der Waals surface area contributed by atoms with Gasteiger partial charge in [-0.3, -0.25) is 4.79 Å². The van der Waals surface area contributed by atoms with Gasteiger partial charge < -0.3 is 20.3 Å². The van der Waals surface area contributed by atoms with Crippen molar-refractivity contribution in [3.05, 3.63) is 88.5 Å². The van der Waals surface area contributed by atoms with Gasteiger partial charge in [-0.05, 0) is 24.6 Å². The summed E-state index contributed by atoms with van der Waals surface area (Å²) in [5, 5.41) is 13.9. The van der Waals surface area contributed by atoms with E-state index in [1.54, 1.807) is 48.0 Å². The highest BCUT2D eigenvalue weighted by molar-refractivity contribution is 6.08. The van der Waals surface area contributed by atoms with Crippen LogP contribution in [-0.2, 0) is 13.5 Å². The Morgan fingerprint density at radius 1 is 1.07 bits per heavy atom. The van der Waals surface area contributed by atoms with Crippen LogP contribution in [0.15, 0.2) is 54.6 Å². The van der Waals surface area contributed by atoms with Crippen LogP contribution in [0.3, 0.4) is 0 Å². The van der Waals surface area contributed by atoms with Crippen LogP contribution in [-0.4, -0.2) is 34.6 Å². The summed E-state index contributed by atoms with van der Waals surface area (Å²) in [6.07, 6.45) is 0.306. The second-order valence-corrected chi connectivity index (χ2v) is 7.06. The number of aliphatic hydroxyl groups is 1. The predicted octanol–water partition coefficient (Wildman–Crippen LogP) is 3.41. The Labute approximate surface area is 174 Å². The SMILES string of the molecule is Cc1ccc(C(=O)c2cc(F)c(Cc3ccc(NC(=O)NCCO)cc3)n2C)cc1. The summed E-state index contributed by atoms with van der Waals surface area (Å²) >= 11 is 0. The Morgan fingerprint density at radius 3 is 2.37 bits per heavy atom. The fourth-order valence-electron chi connectivity index (χ4n) is 3.12. The Morgan fingerprint density at radius 2 is 1.73 bits per heavy atom. The van der Waals surface area contributed by atoms with E-state index < -0.39 is 11.8 Å². The molecule has 0 aliphatic rings. The highest BCUT2D eigenvalue weighted by Gasteiger charge is 2.19. The summed E-state index contributed by atoms with van der Waals surface area (Å²) in [5.41, 5.74) is 3.69. The van der Waals surface area contributed by atoms with E-state index in [1.165, 1.54) is 6.07 Å². The van der Waals surface area contributed by atoms with E-state index in [4.69, 9.17) is 5.11 Å². The lowest BCUT2D eigenvalue weighted by atomic mass is 10.1. The minimum absolute atomic E-state index is 0.136. The zero-order valence-corrected chi connectivity index (χ0v) is 16.9. The van der Waals surface area contributed by atoms with E-state index in [-0.39, 0.29) is 18.9 Å². The number of aryl methyl sites for hydroxylation is 1. The van der Waals surface area contributed by atoms with Crippen LogP contribution in [0.1, 0.15) is 32.9 Å². The molecule has 30 heavy (non-hydrogen) atoms. The van der Waals surface area contributed by atoms with Crippen molar-refractivity contribution in [1.29, 1.82) is 0 Å². The van der Waals surface area contributed by atoms with Gasteiger partial charge in [-0.25, -0.2) is 9.18 Å². The van der Waals surface area contributed by atoms with Gasteiger partial charge in [-0.2, -0.15) is 0 Å². The minimum Gasteiger partial charge on any atom is -0.395 e.